The molecule has 1 saturated heterocycles. The Morgan fingerprint density at radius 3 is 2.88 bits per heavy atom. The van der Waals surface area contributed by atoms with Gasteiger partial charge in [-0.2, -0.15) is 0 Å². The first-order valence-electron chi connectivity index (χ1n) is 9.42. The Labute approximate surface area is 157 Å². The van der Waals surface area contributed by atoms with Crippen LogP contribution >= 0.6 is 0 Å². The number of hydrogen-bond donors (Lipinski definition) is 2. The van der Waals surface area contributed by atoms with Crippen LogP contribution in [0.25, 0.3) is 0 Å². The first-order valence-corrected chi connectivity index (χ1v) is 9.42. The molecular weight excluding hydrogens is 330 g/mol. The zero-order chi connectivity index (χ0) is 18.6. The number of hydrogen-bond acceptors (Lipinski definition) is 5. The summed E-state index contributed by atoms with van der Waals surface area (Å²) in [6.07, 6.45) is 5.02. The van der Waals surface area contributed by atoms with Crippen LogP contribution in [0.3, 0.4) is 0 Å². The standard InChI is InChI=1S/C19H33N5O2/c1-20-19(23-14-17-6-4-9-21-18(17)24(2)3)22-10-5-11-26-15-16-7-12-25-13-8-16/h4,6,9,16H,5,7-8,10-15H2,1-3H3,(H2,20,22,23). The second-order valence-electron chi connectivity index (χ2n) is 6.72. The molecule has 1 aliphatic rings. The first-order chi connectivity index (χ1) is 12.7. The van der Waals surface area contributed by atoms with E-state index in [2.05, 4.69) is 26.7 Å². The van der Waals surface area contributed by atoms with E-state index in [0.717, 1.165) is 69.6 Å². The number of guanidine groups is 1. The number of rotatable bonds is 9. The van der Waals surface area contributed by atoms with Crippen LogP contribution in [0.1, 0.15) is 24.8 Å². The summed E-state index contributed by atoms with van der Waals surface area (Å²) in [4.78, 5) is 10.7. The predicted molar refractivity (Wildman–Crippen MR) is 106 cm³/mol. The van der Waals surface area contributed by atoms with Crippen LogP contribution in [0.4, 0.5) is 5.82 Å². The average molecular weight is 364 g/mol. The molecule has 0 bridgehead atoms. The summed E-state index contributed by atoms with van der Waals surface area (Å²) in [5, 5.41) is 6.67. The lowest BCUT2D eigenvalue weighted by Crippen LogP contribution is -2.38. The van der Waals surface area contributed by atoms with E-state index in [1.54, 1.807) is 7.05 Å². The van der Waals surface area contributed by atoms with E-state index in [4.69, 9.17) is 9.47 Å². The van der Waals surface area contributed by atoms with Crippen molar-refractivity contribution >= 4 is 11.8 Å². The minimum Gasteiger partial charge on any atom is -0.381 e. The third kappa shape index (κ3) is 7.17. The van der Waals surface area contributed by atoms with Gasteiger partial charge in [0, 0.05) is 72.4 Å². The van der Waals surface area contributed by atoms with E-state index in [9.17, 15) is 0 Å². The largest absolute Gasteiger partial charge is 0.381 e. The third-order valence-electron chi connectivity index (χ3n) is 4.41. The lowest BCUT2D eigenvalue weighted by Gasteiger charge is -2.21. The van der Waals surface area contributed by atoms with Gasteiger partial charge in [-0.1, -0.05) is 6.07 Å². The van der Waals surface area contributed by atoms with Gasteiger partial charge in [0.05, 0.1) is 0 Å². The molecule has 0 atom stereocenters. The number of aromatic nitrogens is 1. The lowest BCUT2D eigenvalue weighted by atomic mass is 10.0. The van der Waals surface area contributed by atoms with Crippen molar-refractivity contribution in [3.8, 4) is 0 Å². The molecule has 0 aliphatic carbocycles. The Morgan fingerprint density at radius 2 is 2.15 bits per heavy atom. The van der Waals surface area contributed by atoms with Gasteiger partial charge < -0.3 is 25.0 Å². The van der Waals surface area contributed by atoms with Crippen LogP contribution in [0.15, 0.2) is 23.3 Å². The summed E-state index contributed by atoms with van der Waals surface area (Å²) >= 11 is 0. The molecule has 0 amide bonds. The maximum Gasteiger partial charge on any atom is 0.191 e. The van der Waals surface area contributed by atoms with Crippen molar-refractivity contribution in [2.75, 3.05) is 59.0 Å². The van der Waals surface area contributed by atoms with Crippen LogP contribution in [0.5, 0.6) is 0 Å². The number of nitrogens with zero attached hydrogens (tertiary/aromatic N) is 3. The van der Waals surface area contributed by atoms with Crippen LogP contribution in [-0.4, -0.2) is 65.1 Å². The SMILES string of the molecule is CN=C(NCCCOCC1CCOCC1)NCc1cccnc1N(C)C. The number of aliphatic imine (C=N–C) groups is 1. The van der Waals surface area contributed by atoms with E-state index in [1.165, 1.54) is 0 Å². The van der Waals surface area contributed by atoms with E-state index in [0.29, 0.717) is 12.5 Å². The zero-order valence-electron chi connectivity index (χ0n) is 16.3. The molecule has 0 unspecified atom stereocenters. The molecule has 2 heterocycles. The van der Waals surface area contributed by atoms with Crippen LogP contribution < -0.4 is 15.5 Å². The topological polar surface area (TPSA) is 71.0 Å². The molecule has 2 rings (SSSR count). The van der Waals surface area contributed by atoms with Crippen molar-refractivity contribution in [1.82, 2.24) is 15.6 Å². The molecule has 26 heavy (non-hydrogen) atoms. The van der Waals surface area contributed by atoms with Gasteiger partial charge in [-0.05, 0) is 31.2 Å². The van der Waals surface area contributed by atoms with Gasteiger partial charge in [-0.15, -0.1) is 0 Å². The Balaban J connectivity index is 1.61. The number of pyridine rings is 1. The lowest BCUT2D eigenvalue weighted by molar-refractivity contribution is 0.0203. The highest BCUT2D eigenvalue weighted by atomic mass is 16.5. The maximum absolute atomic E-state index is 5.79. The fraction of sp³-hybridized carbons (Fsp3) is 0.684. The number of nitrogens with one attached hydrogen (secondary N) is 2. The normalized spacial score (nSPS) is 15.7. The quantitative estimate of drug-likeness (QED) is 0.395. The molecular formula is C19H33N5O2. The maximum atomic E-state index is 5.79. The highest BCUT2D eigenvalue weighted by molar-refractivity contribution is 5.79. The van der Waals surface area contributed by atoms with Gasteiger partial charge in [-0.25, -0.2) is 4.98 Å². The summed E-state index contributed by atoms with van der Waals surface area (Å²) in [6, 6.07) is 4.03. The van der Waals surface area contributed by atoms with E-state index in [-0.39, 0.29) is 0 Å². The van der Waals surface area contributed by atoms with Crippen molar-refractivity contribution in [3.05, 3.63) is 23.9 Å². The predicted octanol–water partition coefficient (Wildman–Crippen LogP) is 1.65. The van der Waals surface area contributed by atoms with Gasteiger partial charge in [0.2, 0.25) is 0 Å². The fourth-order valence-electron chi connectivity index (χ4n) is 2.91. The summed E-state index contributed by atoms with van der Waals surface area (Å²) in [6.45, 7) is 4.90. The molecule has 2 N–H and O–H groups in total. The van der Waals surface area contributed by atoms with Crippen LogP contribution in [0, 0.1) is 5.92 Å². The molecule has 7 nitrogen and oxygen atoms in total. The molecule has 1 aliphatic heterocycles. The van der Waals surface area contributed by atoms with E-state index >= 15 is 0 Å². The Kier molecular flexibility index (Phi) is 9.20. The van der Waals surface area contributed by atoms with Gasteiger partial charge >= 0.3 is 0 Å². The Hall–Kier alpha value is -1.86. The minimum absolute atomic E-state index is 0.663. The molecule has 0 spiro atoms. The first kappa shape index (κ1) is 20.5. The summed E-state index contributed by atoms with van der Waals surface area (Å²) < 4.78 is 11.2. The van der Waals surface area contributed by atoms with Gasteiger partial charge in [0.25, 0.3) is 0 Å². The molecule has 1 aromatic heterocycles. The number of ether oxygens (including phenoxy) is 2. The highest BCUT2D eigenvalue weighted by Crippen LogP contribution is 2.15. The molecule has 0 radical (unpaired) electrons. The monoisotopic (exact) mass is 363 g/mol. The minimum atomic E-state index is 0.663. The summed E-state index contributed by atoms with van der Waals surface area (Å²) in [7, 11) is 5.78. The second-order valence-corrected chi connectivity index (χ2v) is 6.72. The van der Waals surface area contributed by atoms with E-state index in [1.807, 2.05) is 31.3 Å². The molecule has 146 valence electrons. The van der Waals surface area contributed by atoms with Gasteiger partial charge in [0.15, 0.2) is 5.96 Å². The van der Waals surface area contributed by atoms with Crippen molar-refractivity contribution in [2.45, 2.75) is 25.8 Å². The highest BCUT2D eigenvalue weighted by Gasteiger charge is 2.13. The molecule has 1 fully saturated rings. The van der Waals surface area contributed by atoms with Crippen molar-refractivity contribution in [2.24, 2.45) is 10.9 Å². The zero-order valence-corrected chi connectivity index (χ0v) is 16.3. The van der Waals surface area contributed by atoms with Crippen LogP contribution in [-0.2, 0) is 16.0 Å². The smallest absolute Gasteiger partial charge is 0.191 e. The molecule has 0 aromatic carbocycles. The molecule has 1 aromatic rings. The summed E-state index contributed by atoms with van der Waals surface area (Å²) in [5.41, 5.74) is 1.14. The third-order valence-corrected chi connectivity index (χ3v) is 4.41. The fourth-order valence-corrected chi connectivity index (χ4v) is 2.91. The van der Waals surface area contributed by atoms with Crippen molar-refractivity contribution < 1.29 is 9.47 Å². The van der Waals surface area contributed by atoms with Crippen molar-refractivity contribution in [1.29, 1.82) is 0 Å². The van der Waals surface area contributed by atoms with Gasteiger partial charge in [-0.3, -0.25) is 4.99 Å². The number of anilines is 1. The summed E-state index contributed by atoms with van der Waals surface area (Å²) in [5.74, 6) is 2.43. The second kappa shape index (κ2) is 11.7. The van der Waals surface area contributed by atoms with Crippen LogP contribution in [0.2, 0.25) is 0 Å². The molecule has 7 heteroatoms. The Morgan fingerprint density at radius 1 is 1.35 bits per heavy atom. The Bertz CT molecular complexity index is 544. The average Bonchev–Trinajstić information content (AvgIpc) is 2.67. The van der Waals surface area contributed by atoms with Crippen molar-refractivity contribution in [3.63, 3.8) is 0 Å². The molecule has 0 saturated carbocycles. The van der Waals surface area contributed by atoms with E-state index < -0.39 is 0 Å². The van der Waals surface area contributed by atoms with Gasteiger partial charge in [0.1, 0.15) is 5.82 Å².